The second-order valence-electron chi connectivity index (χ2n) is 5.63. The monoisotopic (exact) mass is 375 g/mol. The zero-order valence-electron chi connectivity index (χ0n) is 11.6. The van der Waals surface area contributed by atoms with Crippen LogP contribution in [0.3, 0.4) is 0 Å². The molecule has 0 spiro atoms. The molecule has 3 heteroatoms. The van der Waals surface area contributed by atoms with Crippen molar-refractivity contribution in [2.24, 2.45) is 5.92 Å². The maximum absolute atomic E-state index is 13.1. The van der Waals surface area contributed by atoms with Crippen molar-refractivity contribution in [3.8, 4) is 0 Å². The minimum Gasteiger partial charge on any atom is -0.381 e. The smallest absolute Gasteiger partial charge is 0.124 e. The molecular formula is C16H23FIN. The highest BCUT2D eigenvalue weighted by atomic mass is 127. The molecule has 0 aromatic heterocycles. The zero-order chi connectivity index (χ0) is 13.7. The van der Waals surface area contributed by atoms with Crippen LogP contribution in [0.25, 0.3) is 0 Å². The molecule has 0 aliphatic heterocycles. The van der Waals surface area contributed by atoms with E-state index in [9.17, 15) is 4.39 Å². The van der Waals surface area contributed by atoms with E-state index in [2.05, 4.69) is 34.8 Å². The SMILES string of the molecule is CCCC1CCCC(Nc2ccc(F)cc2I)CC1. The van der Waals surface area contributed by atoms with Gasteiger partial charge in [0.2, 0.25) is 0 Å². The fourth-order valence-corrected chi connectivity index (χ4v) is 3.68. The first-order valence-corrected chi connectivity index (χ1v) is 8.48. The minimum absolute atomic E-state index is 0.154. The molecule has 2 rings (SSSR count). The largest absolute Gasteiger partial charge is 0.381 e. The van der Waals surface area contributed by atoms with Crippen molar-refractivity contribution in [3.63, 3.8) is 0 Å². The van der Waals surface area contributed by atoms with Gasteiger partial charge >= 0.3 is 0 Å². The molecule has 106 valence electrons. The van der Waals surface area contributed by atoms with Crippen LogP contribution < -0.4 is 5.32 Å². The minimum atomic E-state index is -0.154. The molecule has 0 bridgehead atoms. The van der Waals surface area contributed by atoms with Crippen LogP contribution in [0.15, 0.2) is 18.2 Å². The molecule has 1 aliphatic rings. The van der Waals surface area contributed by atoms with Crippen molar-refractivity contribution in [1.82, 2.24) is 0 Å². The molecule has 1 aromatic carbocycles. The number of rotatable bonds is 4. The van der Waals surface area contributed by atoms with E-state index >= 15 is 0 Å². The summed E-state index contributed by atoms with van der Waals surface area (Å²) in [6, 6.07) is 5.56. The van der Waals surface area contributed by atoms with Gasteiger partial charge in [-0.2, -0.15) is 0 Å². The summed E-state index contributed by atoms with van der Waals surface area (Å²) in [6.07, 6.45) is 9.21. The molecular weight excluding hydrogens is 352 g/mol. The van der Waals surface area contributed by atoms with Gasteiger partial charge in [0, 0.05) is 15.3 Å². The summed E-state index contributed by atoms with van der Waals surface area (Å²) < 4.78 is 14.1. The topological polar surface area (TPSA) is 12.0 Å². The van der Waals surface area contributed by atoms with Crippen molar-refractivity contribution in [3.05, 3.63) is 27.6 Å². The number of hydrogen-bond donors (Lipinski definition) is 1. The van der Waals surface area contributed by atoms with Gasteiger partial charge in [-0.15, -0.1) is 0 Å². The molecule has 1 fully saturated rings. The van der Waals surface area contributed by atoms with Crippen molar-refractivity contribution in [1.29, 1.82) is 0 Å². The summed E-state index contributed by atoms with van der Waals surface area (Å²) in [7, 11) is 0. The zero-order valence-corrected chi connectivity index (χ0v) is 13.7. The highest BCUT2D eigenvalue weighted by molar-refractivity contribution is 14.1. The van der Waals surface area contributed by atoms with Crippen LogP contribution in [-0.4, -0.2) is 6.04 Å². The normalized spacial score (nSPS) is 23.9. The Hall–Kier alpha value is -0.320. The average molecular weight is 375 g/mol. The Bertz CT molecular complexity index is 408. The van der Waals surface area contributed by atoms with Gasteiger partial charge in [-0.1, -0.05) is 32.6 Å². The molecule has 0 heterocycles. The first-order chi connectivity index (χ1) is 9.19. The van der Waals surface area contributed by atoms with Gasteiger partial charge in [0.1, 0.15) is 5.82 Å². The van der Waals surface area contributed by atoms with E-state index in [0.29, 0.717) is 6.04 Å². The third kappa shape index (κ3) is 4.62. The second-order valence-corrected chi connectivity index (χ2v) is 6.79. The summed E-state index contributed by atoms with van der Waals surface area (Å²) in [6.45, 7) is 2.28. The van der Waals surface area contributed by atoms with Crippen LogP contribution in [0.1, 0.15) is 51.9 Å². The lowest BCUT2D eigenvalue weighted by Gasteiger charge is -2.19. The van der Waals surface area contributed by atoms with E-state index < -0.39 is 0 Å². The van der Waals surface area contributed by atoms with E-state index in [1.54, 1.807) is 12.1 Å². The van der Waals surface area contributed by atoms with Gasteiger partial charge < -0.3 is 5.32 Å². The lowest BCUT2D eigenvalue weighted by atomic mass is 9.95. The Kier molecular flexibility index (Phi) is 5.92. The Labute approximate surface area is 129 Å². The number of hydrogen-bond acceptors (Lipinski definition) is 1. The number of nitrogens with one attached hydrogen (secondary N) is 1. The summed E-state index contributed by atoms with van der Waals surface area (Å²) in [5.41, 5.74) is 1.08. The van der Waals surface area contributed by atoms with E-state index in [4.69, 9.17) is 0 Å². The predicted octanol–water partition coefficient (Wildman–Crippen LogP) is 5.59. The average Bonchev–Trinajstić information content (AvgIpc) is 2.59. The molecule has 0 amide bonds. The second kappa shape index (κ2) is 7.46. The molecule has 0 radical (unpaired) electrons. The van der Waals surface area contributed by atoms with Gasteiger partial charge in [-0.05, 0) is 66.0 Å². The number of benzene rings is 1. The standard InChI is InChI=1S/C16H23FIN/c1-2-4-12-5-3-6-14(9-7-12)19-16-10-8-13(17)11-15(16)18/h8,10-12,14,19H,2-7,9H2,1H3. The maximum Gasteiger partial charge on any atom is 0.124 e. The van der Waals surface area contributed by atoms with Crippen LogP contribution >= 0.6 is 22.6 Å². The summed E-state index contributed by atoms with van der Waals surface area (Å²) in [5, 5.41) is 3.60. The Balaban J connectivity index is 1.92. The third-order valence-electron chi connectivity index (χ3n) is 4.08. The fourth-order valence-electron chi connectivity index (χ4n) is 3.05. The Morgan fingerprint density at radius 3 is 2.84 bits per heavy atom. The molecule has 1 saturated carbocycles. The molecule has 1 N–H and O–H groups in total. The van der Waals surface area contributed by atoms with E-state index in [0.717, 1.165) is 15.2 Å². The summed E-state index contributed by atoms with van der Waals surface area (Å²) >= 11 is 2.21. The predicted molar refractivity (Wildman–Crippen MR) is 88.0 cm³/mol. The van der Waals surface area contributed by atoms with Crippen LogP contribution in [0.5, 0.6) is 0 Å². The van der Waals surface area contributed by atoms with E-state index in [-0.39, 0.29) is 5.82 Å². The van der Waals surface area contributed by atoms with E-state index in [1.165, 1.54) is 44.9 Å². The van der Waals surface area contributed by atoms with Gasteiger partial charge in [0.25, 0.3) is 0 Å². The van der Waals surface area contributed by atoms with Crippen molar-refractivity contribution >= 4 is 28.3 Å². The highest BCUT2D eigenvalue weighted by Crippen LogP contribution is 2.29. The van der Waals surface area contributed by atoms with Crippen molar-refractivity contribution < 1.29 is 4.39 Å². The lowest BCUT2D eigenvalue weighted by Crippen LogP contribution is -2.19. The molecule has 1 aliphatic carbocycles. The first-order valence-electron chi connectivity index (χ1n) is 7.40. The molecule has 0 saturated heterocycles. The maximum atomic E-state index is 13.1. The van der Waals surface area contributed by atoms with Crippen LogP contribution in [0.2, 0.25) is 0 Å². The molecule has 1 nitrogen and oxygen atoms in total. The molecule has 19 heavy (non-hydrogen) atoms. The first kappa shape index (κ1) is 15.1. The molecule has 2 atom stereocenters. The Morgan fingerprint density at radius 2 is 2.11 bits per heavy atom. The van der Waals surface area contributed by atoms with Gasteiger partial charge in [0.05, 0.1) is 0 Å². The van der Waals surface area contributed by atoms with Gasteiger partial charge in [-0.3, -0.25) is 0 Å². The van der Waals surface area contributed by atoms with Crippen molar-refractivity contribution in [2.45, 2.75) is 57.9 Å². The quantitative estimate of drug-likeness (QED) is 0.534. The van der Waals surface area contributed by atoms with Crippen LogP contribution in [-0.2, 0) is 0 Å². The van der Waals surface area contributed by atoms with E-state index in [1.807, 2.05) is 6.07 Å². The van der Waals surface area contributed by atoms with Crippen molar-refractivity contribution in [2.75, 3.05) is 5.32 Å². The van der Waals surface area contributed by atoms with Crippen LogP contribution in [0.4, 0.5) is 10.1 Å². The van der Waals surface area contributed by atoms with Gasteiger partial charge in [-0.25, -0.2) is 4.39 Å². The Morgan fingerprint density at radius 1 is 1.26 bits per heavy atom. The summed E-state index contributed by atoms with van der Waals surface area (Å²) in [5.74, 6) is 0.767. The van der Waals surface area contributed by atoms with Gasteiger partial charge in [0.15, 0.2) is 0 Å². The number of anilines is 1. The molecule has 1 aromatic rings. The van der Waals surface area contributed by atoms with Crippen LogP contribution in [0, 0.1) is 15.3 Å². The fraction of sp³-hybridized carbons (Fsp3) is 0.625. The number of halogens is 2. The third-order valence-corrected chi connectivity index (χ3v) is 4.97. The molecule has 2 unspecified atom stereocenters. The highest BCUT2D eigenvalue weighted by Gasteiger charge is 2.18. The lowest BCUT2D eigenvalue weighted by molar-refractivity contribution is 0.422. The summed E-state index contributed by atoms with van der Waals surface area (Å²) in [4.78, 5) is 0.